The predicted octanol–water partition coefficient (Wildman–Crippen LogP) is 1.53. The summed E-state index contributed by atoms with van der Waals surface area (Å²) in [6.07, 6.45) is 0.744. The molecule has 4 heteroatoms. The van der Waals surface area contributed by atoms with Crippen LogP contribution in [-0.2, 0) is 14.3 Å². The molecule has 0 bridgehead atoms. The first kappa shape index (κ1) is 14.2. The number of hydrogen-bond acceptors (Lipinski definition) is 3. The molecule has 1 rings (SSSR count). The van der Waals surface area contributed by atoms with Crippen molar-refractivity contribution >= 4 is 11.7 Å². The van der Waals surface area contributed by atoms with Crippen LogP contribution < -0.4 is 5.32 Å². The Bertz CT molecular complexity index is 308. The van der Waals surface area contributed by atoms with E-state index in [1.54, 1.807) is 0 Å². The van der Waals surface area contributed by atoms with Crippen molar-refractivity contribution in [1.29, 1.82) is 0 Å². The van der Waals surface area contributed by atoms with Gasteiger partial charge in [0.15, 0.2) is 5.78 Å². The highest BCUT2D eigenvalue weighted by atomic mass is 16.5. The number of ether oxygens (including phenoxy) is 1. The molecule has 1 heterocycles. The number of nitrogens with one attached hydrogen (secondary N) is 1. The van der Waals surface area contributed by atoms with Gasteiger partial charge in [-0.05, 0) is 18.8 Å². The first-order valence-electron chi connectivity index (χ1n) is 6.12. The van der Waals surface area contributed by atoms with Crippen LogP contribution in [0.2, 0.25) is 0 Å². The Labute approximate surface area is 103 Å². The monoisotopic (exact) mass is 241 g/mol. The molecule has 0 spiro atoms. The lowest BCUT2D eigenvalue weighted by Gasteiger charge is -2.41. The van der Waals surface area contributed by atoms with E-state index in [9.17, 15) is 9.59 Å². The Morgan fingerprint density at radius 3 is 2.12 bits per heavy atom. The van der Waals surface area contributed by atoms with Crippen LogP contribution in [0, 0.1) is 10.8 Å². The zero-order valence-corrected chi connectivity index (χ0v) is 11.4. The van der Waals surface area contributed by atoms with E-state index in [0.717, 1.165) is 6.42 Å². The molecular formula is C13H23NO3. The van der Waals surface area contributed by atoms with Gasteiger partial charge in [-0.3, -0.25) is 9.59 Å². The van der Waals surface area contributed by atoms with Gasteiger partial charge in [-0.2, -0.15) is 0 Å². The van der Waals surface area contributed by atoms with Crippen molar-refractivity contribution in [3.05, 3.63) is 0 Å². The molecule has 0 aliphatic carbocycles. The quantitative estimate of drug-likeness (QED) is 0.812. The lowest BCUT2D eigenvalue weighted by Crippen LogP contribution is -2.59. The molecule has 1 N–H and O–H groups in total. The molecule has 0 aromatic rings. The fourth-order valence-corrected chi connectivity index (χ4v) is 2.06. The molecule has 1 fully saturated rings. The molecule has 0 aromatic carbocycles. The number of hydrogen-bond donors (Lipinski definition) is 1. The molecule has 17 heavy (non-hydrogen) atoms. The van der Waals surface area contributed by atoms with E-state index >= 15 is 0 Å². The summed E-state index contributed by atoms with van der Waals surface area (Å²) in [5.74, 6) is -0.0567. The van der Waals surface area contributed by atoms with Crippen molar-refractivity contribution < 1.29 is 14.3 Å². The van der Waals surface area contributed by atoms with Gasteiger partial charge >= 0.3 is 0 Å². The second-order valence-corrected chi connectivity index (χ2v) is 6.01. The molecule has 4 nitrogen and oxygen atoms in total. The van der Waals surface area contributed by atoms with Gasteiger partial charge in [0, 0.05) is 0 Å². The third kappa shape index (κ3) is 2.86. The summed E-state index contributed by atoms with van der Waals surface area (Å²) in [5, 5.41) is 2.88. The van der Waals surface area contributed by atoms with Crippen molar-refractivity contribution in [2.24, 2.45) is 10.8 Å². The Balaban J connectivity index is 2.75. The van der Waals surface area contributed by atoms with Gasteiger partial charge in [-0.25, -0.2) is 0 Å². The number of ketones is 1. The summed E-state index contributed by atoms with van der Waals surface area (Å²) in [7, 11) is 0. The van der Waals surface area contributed by atoms with E-state index in [4.69, 9.17) is 4.74 Å². The predicted molar refractivity (Wildman–Crippen MR) is 65.6 cm³/mol. The van der Waals surface area contributed by atoms with Crippen molar-refractivity contribution in [2.45, 2.75) is 47.1 Å². The second-order valence-electron chi connectivity index (χ2n) is 6.01. The Morgan fingerprint density at radius 1 is 1.35 bits per heavy atom. The zero-order chi connectivity index (χ0) is 13.3. The number of rotatable bonds is 4. The van der Waals surface area contributed by atoms with Crippen LogP contribution in [0.1, 0.15) is 41.0 Å². The number of amides is 1. The summed E-state index contributed by atoms with van der Waals surface area (Å²) in [6, 6.07) is -0.431. The Hall–Kier alpha value is -0.900. The van der Waals surface area contributed by atoms with Gasteiger partial charge in [-0.1, -0.05) is 27.7 Å². The summed E-state index contributed by atoms with van der Waals surface area (Å²) in [4.78, 5) is 23.8. The third-order valence-corrected chi connectivity index (χ3v) is 3.46. The zero-order valence-electron chi connectivity index (χ0n) is 11.4. The first-order chi connectivity index (χ1) is 7.73. The molecule has 98 valence electrons. The first-order valence-corrected chi connectivity index (χ1v) is 6.12. The van der Waals surface area contributed by atoms with E-state index in [-0.39, 0.29) is 17.1 Å². The van der Waals surface area contributed by atoms with Gasteiger partial charge in [0.05, 0.1) is 24.7 Å². The standard InChI is InChI=1S/C13H23NO3/c1-6-13(7-17-8-13)11(16)14-10(9(2)15)12(3,4)5/h10H,6-8H2,1-5H3,(H,14,16)/t10-/m1/s1. The topological polar surface area (TPSA) is 55.4 Å². The van der Waals surface area contributed by atoms with Crippen LogP contribution in [0.4, 0.5) is 0 Å². The van der Waals surface area contributed by atoms with Gasteiger partial charge < -0.3 is 10.1 Å². The van der Waals surface area contributed by atoms with Crippen LogP contribution in [0.25, 0.3) is 0 Å². The van der Waals surface area contributed by atoms with Crippen LogP contribution in [0.15, 0.2) is 0 Å². The summed E-state index contributed by atoms with van der Waals surface area (Å²) < 4.78 is 5.13. The van der Waals surface area contributed by atoms with Crippen molar-refractivity contribution in [3.63, 3.8) is 0 Å². The molecule has 0 saturated carbocycles. The molecule has 1 aliphatic heterocycles. The fourth-order valence-electron chi connectivity index (χ4n) is 2.06. The maximum atomic E-state index is 12.2. The minimum Gasteiger partial charge on any atom is -0.379 e. The van der Waals surface area contributed by atoms with Gasteiger partial charge in [0.2, 0.25) is 5.91 Å². The smallest absolute Gasteiger partial charge is 0.231 e. The minimum atomic E-state index is -0.431. The average Bonchev–Trinajstić information content (AvgIpc) is 2.10. The molecule has 1 aliphatic rings. The largest absolute Gasteiger partial charge is 0.379 e. The highest BCUT2D eigenvalue weighted by Gasteiger charge is 2.46. The molecule has 0 unspecified atom stereocenters. The number of carbonyl (C=O) groups is 2. The molecule has 0 radical (unpaired) electrons. The maximum absolute atomic E-state index is 12.2. The van der Waals surface area contributed by atoms with Crippen LogP contribution in [0.3, 0.4) is 0 Å². The summed E-state index contributed by atoms with van der Waals surface area (Å²) in [6.45, 7) is 10.3. The fraction of sp³-hybridized carbons (Fsp3) is 0.846. The minimum absolute atomic E-state index is 0.00246. The van der Waals surface area contributed by atoms with E-state index in [1.165, 1.54) is 6.92 Å². The molecular weight excluding hydrogens is 218 g/mol. The third-order valence-electron chi connectivity index (χ3n) is 3.46. The second kappa shape index (κ2) is 4.77. The van der Waals surface area contributed by atoms with E-state index in [2.05, 4.69) is 5.32 Å². The van der Waals surface area contributed by atoms with Crippen LogP contribution in [0.5, 0.6) is 0 Å². The average molecular weight is 241 g/mol. The van der Waals surface area contributed by atoms with E-state index < -0.39 is 11.5 Å². The van der Waals surface area contributed by atoms with E-state index in [1.807, 2.05) is 27.7 Å². The lowest BCUT2D eigenvalue weighted by atomic mass is 9.79. The normalized spacial score (nSPS) is 20.3. The number of Topliss-reactive ketones (excluding diaryl/α,β-unsaturated/α-hetero) is 1. The molecule has 1 amide bonds. The van der Waals surface area contributed by atoms with Gasteiger partial charge in [0.1, 0.15) is 0 Å². The van der Waals surface area contributed by atoms with Crippen molar-refractivity contribution in [2.75, 3.05) is 13.2 Å². The highest BCUT2D eigenvalue weighted by Crippen LogP contribution is 2.32. The van der Waals surface area contributed by atoms with Gasteiger partial charge in [-0.15, -0.1) is 0 Å². The van der Waals surface area contributed by atoms with Crippen LogP contribution >= 0.6 is 0 Å². The summed E-state index contributed by atoms with van der Waals surface area (Å²) in [5.41, 5.74) is -0.681. The lowest BCUT2D eigenvalue weighted by molar-refractivity contribution is -0.164. The molecule has 0 aromatic heterocycles. The number of carbonyl (C=O) groups excluding carboxylic acids is 2. The van der Waals surface area contributed by atoms with Gasteiger partial charge in [0.25, 0.3) is 0 Å². The molecule has 1 atom stereocenters. The van der Waals surface area contributed by atoms with E-state index in [0.29, 0.717) is 13.2 Å². The van der Waals surface area contributed by atoms with Crippen LogP contribution in [-0.4, -0.2) is 30.9 Å². The maximum Gasteiger partial charge on any atom is 0.231 e. The Kier molecular flexibility index (Phi) is 3.97. The SMILES string of the molecule is CCC1(C(=O)N[C@H](C(C)=O)C(C)(C)C)COC1. The highest BCUT2D eigenvalue weighted by molar-refractivity contribution is 5.91. The van der Waals surface area contributed by atoms with Crippen molar-refractivity contribution in [1.82, 2.24) is 5.32 Å². The summed E-state index contributed by atoms with van der Waals surface area (Å²) >= 11 is 0. The van der Waals surface area contributed by atoms with Crippen molar-refractivity contribution in [3.8, 4) is 0 Å². The Morgan fingerprint density at radius 2 is 1.88 bits per heavy atom. The molecule has 1 saturated heterocycles.